The fourth-order valence-corrected chi connectivity index (χ4v) is 3.09. The Bertz CT molecular complexity index is 274. The number of carbonyl (C=O) groups is 1. The largest absolute Gasteiger partial charge is 0.459 e. The van der Waals surface area contributed by atoms with Crippen LogP contribution in [0.2, 0.25) is 0 Å². The first-order chi connectivity index (χ1) is 9.15. The van der Waals surface area contributed by atoms with Gasteiger partial charge in [0.2, 0.25) is 0 Å². The number of hydrogen-bond donors (Lipinski definition) is 0. The monoisotopic (exact) mass is 306 g/mol. The van der Waals surface area contributed by atoms with Crippen molar-refractivity contribution in [2.75, 3.05) is 5.75 Å². The summed E-state index contributed by atoms with van der Waals surface area (Å²) in [6, 6.07) is 0. The number of halogens is 1. The van der Waals surface area contributed by atoms with Gasteiger partial charge in [-0.1, -0.05) is 20.8 Å². The Kier molecular flexibility index (Phi) is 9.52. The van der Waals surface area contributed by atoms with Gasteiger partial charge in [-0.3, -0.25) is 4.79 Å². The van der Waals surface area contributed by atoms with Crippen molar-refractivity contribution >= 4 is 17.7 Å². The van der Waals surface area contributed by atoms with Crippen molar-refractivity contribution in [1.29, 1.82) is 0 Å². The highest BCUT2D eigenvalue weighted by atomic mass is 32.2. The zero-order chi connectivity index (χ0) is 15.8. The van der Waals surface area contributed by atoms with Crippen LogP contribution in [-0.4, -0.2) is 28.7 Å². The fourth-order valence-electron chi connectivity index (χ4n) is 1.76. The Morgan fingerprint density at radius 3 is 2.35 bits per heavy atom. The Balaban J connectivity index is 4.24. The summed E-state index contributed by atoms with van der Waals surface area (Å²) in [7, 11) is 0. The van der Waals surface area contributed by atoms with Crippen molar-refractivity contribution in [3.8, 4) is 0 Å². The lowest BCUT2D eigenvalue weighted by Gasteiger charge is -2.24. The predicted molar refractivity (Wildman–Crippen MR) is 86.0 cm³/mol. The second kappa shape index (κ2) is 9.64. The summed E-state index contributed by atoms with van der Waals surface area (Å²) >= 11 is 1.61. The topological polar surface area (TPSA) is 26.3 Å². The normalized spacial score (nSPS) is 15.2. The molecule has 0 rings (SSSR count). The van der Waals surface area contributed by atoms with Gasteiger partial charge in [-0.15, -0.1) is 11.8 Å². The van der Waals surface area contributed by atoms with Crippen molar-refractivity contribution < 1.29 is 13.9 Å². The molecule has 0 N–H and O–H groups in total. The van der Waals surface area contributed by atoms with E-state index in [-0.39, 0.29) is 11.2 Å². The molecule has 0 amide bonds. The molecule has 0 fully saturated rings. The van der Waals surface area contributed by atoms with Crippen LogP contribution < -0.4 is 0 Å². The quantitative estimate of drug-likeness (QED) is 0.443. The van der Waals surface area contributed by atoms with E-state index in [0.717, 1.165) is 18.6 Å². The molecule has 0 spiro atoms. The second-order valence-electron chi connectivity index (χ2n) is 6.67. The van der Waals surface area contributed by atoms with Gasteiger partial charge in [0.25, 0.3) is 0 Å². The number of ether oxygens (including phenoxy) is 1. The minimum Gasteiger partial charge on any atom is -0.459 e. The molecule has 0 aliphatic carbocycles. The second-order valence-corrected chi connectivity index (χ2v) is 7.98. The molecule has 0 bridgehead atoms. The van der Waals surface area contributed by atoms with E-state index < -0.39 is 11.8 Å². The number of esters is 1. The number of thioether (sulfide) groups is 1. The van der Waals surface area contributed by atoms with Crippen LogP contribution in [-0.2, 0) is 9.53 Å². The summed E-state index contributed by atoms with van der Waals surface area (Å²) in [6.45, 7) is 11.7. The van der Waals surface area contributed by atoms with Crippen LogP contribution in [0.25, 0.3) is 0 Å². The van der Waals surface area contributed by atoms with Gasteiger partial charge >= 0.3 is 5.97 Å². The van der Waals surface area contributed by atoms with Crippen LogP contribution in [0.4, 0.5) is 4.39 Å². The van der Waals surface area contributed by atoms with Crippen LogP contribution >= 0.6 is 11.8 Å². The maximum Gasteiger partial charge on any atom is 0.319 e. The molecule has 0 aromatic heterocycles. The third-order valence-electron chi connectivity index (χ3n) is 2.78. The molecule has 0 radical (unpaired) electrons. The van der Waals surface area contributed by atoms with Crippen molar-refractivity contribution in [2.24, 2.45) is 5.92 Å². The van der Waals surface area contributed by atoms with Crippen LogP contribution in [0, 0.1) is 5.92 Å². The predicted octanol–water partition coefficient (Wildman–Crippen LogP) is 5.00. The van der Waals surface area contributed by atoms with Crippen LogP contribution in [0.15, 0.2) is 0 Å². The van der Waals surface area contributed by atoms with Gasteiger partial charge in [0, 0.05) is 0 Å². The summed E-state index contributed by atoms with van der Waals surface area (Å²) in [5.41, 5.74) is -0.445. The Hall–Kier alpha value is -0.250. The average molecular weight is 306 g/mol. The van der Waals surface area contributed by atoms with Crippen molar-refractivity contribution in [1.82, 2.24) is 0 Å². The highest BCUT2D eigenvalue weighted by Crippen LogP contribution is 2.24. The van der Waals surface area contributed by atoms with Crippen LogP contribution in [0.5, 0.6) is 0 Å². The summed E-state index contributed by atoms with van der Waals surface area (Å²) in [5.74, 6) is 1.13. The molecule has 4 heteroatoms. The minimum atomic E-state index is -0.708. The SMILES string of the molecule is CCC(F)CCCSC(CC(C)C)C(=O)OC(C)(C)C. The Morgan fingerprint density at radius 2 is 1.90 bits per heavy atom. The van der Waals surface area contributed by atoms with Gasteiger partial charge in [0.05, 0.1) is 6.17 Å². The van der Waals surface area contributed by atoms with E-state index in [0.29, 0.717) is 18.8 Å². The van der Waals surface area contributed by atoms with Crippen molar-refractivity contribution in [3.63, 3.8) is 0 Å². The Labute approximate surface area is 128 Å². The fraction of sp³-hybridized carbons (Fsp3) is 0.938. The van der Waals surface area contributed by atoms with Crippen molar-refractivity contribution in [3.05, 3.63) is 0 Å². The third-order valence-corrected chi connectivity index (χ3v) is 4.09. The molecule has 0 heterocycles. The zero-order valence-electron chi connectivity index (χ0n) is 13.9. The number of carbonyl (C=O) groups excluding carboxylic acids is 1. The molecule has 0 aromatic carbocycles. The lowest BCUT2D eigenvalue weighted by atomic mass is 10.1. The van der Waals surface area contributed by atoms with E-state index in [2.05, 4.69) is 13.8 Å². The highest BCUT2D eigenvalue weighted by Gasteiger charge is 2.26. The summed E-state index contributed by atoms with van der Waals surface area (Å²) in [6.07, 6.45) is 2.09. The van der Waals surface area contributed by atoms with Crippen LogP contribution in [0.1, 0.15) is 67.2 Å². The van der Waals surface area contributed by atoms with Gasteiger partial charge < -0.3 is 4.74 Å². The number of rotatable bonds is 9. The van der Waals surface area contributed by atoms with Gasteiger partial charge in [-0.2, -0.15) is 0 Å². The molecule has 0 aliphatic rings. The van der Waals surface area contributed by atoms with Crippen molar-refractivity contribution in [2.45, 2.75) is 84.2 Å². The van der Waals surface area contributed by atoms with E-state index >= 15 is 0 Å². The molecular formula is C16H31FO2S. The molecule has 2 atom stereocenters. The Morgan fingerprint density at radius 1 is 1.30 bits per heavy atom. The molecule has 120 valence electrons. The molecular weight excluding hydrogens is 275 g/mol. The summed E-state index contributed by atoms with van der Waals surface area (Å²) in [4.78, 5) is 12.2. The van der Waals surface area contributed by atoms with Gasteiger partial charge in [-0.05, 0) is 58.1 Å². The molecule has 0 saturated carbocycles. The first-order valence-corrected chi connectivity index (χ1v) is 8.69. The van der Waals surface area contributed by atoms with E-state index in [4.69, 9.17) is 4.74 Å². The highest BCUT2D eigenvalue weighted by molar-refractivity contribution is 8.00. The first kappa shape index (κ1) is 19.8. The molecule has 20 heavy (non-hydrogen) atoms. The van der Waals surface area contributed by atoms with Gasteiger partial charge in [0.1, 0.15) is 10.9 Å². The molecule has 0 saturated heterocycles. The standard InChI is InChI=1S/C16H31FO2S/c1-7-13(17)9-8-10-20-14(11-12(2)3)15(18)19-16(4,5)6/h12-14H,7-11H2,1-6H3. The van der Waals surface area contributed by atoms with Gasteiger partial charge in [-0.25, -0.2) is 4.39 Å². The van der Waals surface area contributed by atoms with Crippen LogP contribution in [0.3, 0.4) is 0 Å². The lowest BCUT2D eigenvalue weighted by molar-refractivity contribution is -0.154. The van der Waals surface area contributed by atoms with E-state index in [9.17, 15) is 9.18 Å². The third kappa shape index (κ3) is 10.5. The maximum absolute atomic E-state index is 13.1. The molecule has 0 aliphatic heterocycles. The van der Waals surface area contributed by atoms with E-state index in [1.165, 1.54) is 0 Å². The molecule has 2 nitrogen and oxygen atoms in total. The van der Waals surface area contributed by atoms with E-state index in [1.54, 1.807) is 11.8 Å². The van der Waals surface area contributed by atoms with Gasteiger partial charge in [0.15, 0.2) is 0 Å². The smallest absolute Gasteiger partial charge is 0.319 e. The average Bonchev–Trinajstić information content (AvgIpc) is 2.29. The minimum absolute atomic E-state index is 0.131. The molecule has 0 aromatic rings. The van der Waals surface area contributed by atoms with E-state index in [1.807, 2.05) is 27.7 Å². The maximum atomic E-state index is 13.1. The number of alkyl halides is 1. The summed E-state index contributed by atoms with van der Waals surface area (Å²) in [5, 5.41) is -0.131. The lowest BCUT2D eigenvalue weighted by Crippen LogP contribution is -2.31. The number of hydrogen-bond acceptors (Lipinski definition) is 3. The summed E-state index contributed by atoms with van der Waals surface area (Å²) < 4.78 is 18.6. The molecule has 2 unspecified atom stereocenters. The first-order valence-electron chi connectivity index (χ1n) is 7.64. The zero-order valence-corrected chi connectivity index (χ0v) is 14.7.